The first-order valence-corrected chi connectivity index (χ1v) is 3.32. The average Bonchev–Trinajstić information content (AvgIpc) is 1.88. The first kappa shape index (κ1) is 6.36. The Hall–Kier alpha value is -0.763. The molecule has 0 atom stereocenters. The first-order chi connectivity index (χ1) is 4.33. The Kier molecular flexibility index (Phi) is 1.90. The van der Waals surface area contributed by atoms with E-state index in [2.05, 4.69) is 15.6 Å². The lowest BCUT2D eigenvalue weighted by Gasteiger charge is -1.98. The molecule has 2 heteroatoms. The summed E-state index contributed by atoms with van der Waals surface area (Å²) < 4.78 is 0. The summed E-state index contributed by atoms with van der Waals surface area (Å²) in [5, 5.41) is 4.14. The molecule has 0 heterocycles. The van der Waals surface area contributed by atoms with Gasteiger partial charge >= 0.3 is 0 Å². The molecule has 0 aliphatic heterocycles. The average molecular weight is 134 g/mol. The fourth-order valence-corrected chi connectivity index (χ4v) is 0.926. The fraction of sp³-hybridized carbons (Fsp3) is 0.143. The number of rotatable bonds is 1. The minimum atomic E-state index is 1.10. The van der Waals surface area contributed by atoms with E-state index in [-0.39, 0.29) is 0 Å². The summed E-state index contributed by atoms with van der Waals surface area (Å²) in [5.74, 6) is 0. The van der Waals surface area contributed by atoms with E-state index in [1.807, 2.05) is 31.3 Å². The van der Waals surface area contributed by atoms with E-state index in [1.54, 1.807) is 0 Å². The molecule has 1 rings (SSSR count). The third-order valence-corrected chi connectivity index (χ3v) is 1.46. The minimum Gasteiger partial charge on any atom is -0.388 e. The van der Waals surface area contributed by atoms with Crippen molar-refractivity contribution in [3.8, 4) is 0 Å². The number of anilines is 1. The van der Waals surface area contributed by atoms with Gasteiger partial charge in [0.15, 0.2) is 0 Å². The maximum absolute atomic E-state index is 3.41. The number of hydrogen-bond donors (Lipinski definition) is 1. The molecule has 0 aliphatic carbocycles. The molecular weight excluding hydrogens is 126 g/mol. The molecule has 45 valence electrons. The molecular formula is C7H8NSi. The van der Waals surface area contributed by atoms with Gasteiger partial charge in [-0.1, -0.05) is 17.3 Å². The largest absolute Gasteiger partial charge is 0.388 e. The molecule has 0 unspecified atom stereocenters. The predicted octanol–water partition coefficient (Wildman–Crippen LogP) is 0.522. The van der Waals surface area contributed by atoms with Gasteiger partial charge in [-0.05, 0) is 12.1 Å². The number of benzene rings is 1. The number of hydrogen-bond acceptors (Lipinski definition) is 1. The van der Waals surface area contributed by atoms with Crippen molar-refractivity contribution in [2.24, 2.45) is 0 Å². The van der Waals surface area contributed by atoms with Crippen LogP contribution in [0.2, 0.25) is 0 Å². The normalized spacial score (nSPS) is 9.11. The molecule has 1 N–H and O–H groups in total. The van der Waals surface area contributed by atoms with Gasteiger partial charge in [0.05, 0.1) is 10.2 Å². The SMILES string of the molecule is CNc1cccc([Si])c1. The van der Waals surface area contributed by atoms with E-state index in [0.29, 0.717) is 0 Å². The van der Waals surface area contributed by atoms with E-state index in [4.69, 9.17) is 0 Å². The molecule has 0 fully saturated rings. The van der Waals surface area contributed by atoms with Crippen LogP contribution >= 0.6 is 0 Å². The highest BCUT2D eigenvalue weighted by Crippen LogP contribution is 1.99. The third-order valence-electron chi connectivity index (χ3n) is 1.15. The van der Waals surface area contributed by atoms with Crippen LogP contribution in [0, 0.1) is 0 Å². The lowest BCUT2D eigenvalue weighted by atomic mass is 10.3. The highest BCUT2D eigenvalue weighted by atomic mass is 28.1. The van der Waals surface area contributed by atoms with Crippen LogP contribution in [0.1, 0.15) is 0 Å². The topological polar surface area (TPSA) is 12.0 Å². The second-order valence-electron chi connectivity index (χ2n) is 1.83. The second kappa shape index (κ2) is 2.69. The molecule has 0 bridgehead atoms. The van der Waals surface area contributed by atoms with E-state index >= 15 is 0 Å². The zero-order valence-electron chi connectivity index (χ0n) is 5.31. The third kappa shape index (κ3) is 1.57. The Bertz CT molecular complexity index is 198. The van der Waals surface area contributed by atoms with Gasteiger partial charge in [0.2, 0.25) is 0 Å². The van der Waals surface area contributed by atoms with Crippen LogP contribution < -0.4 is 10.5 Å². The van der Waals surface area contributed by atoms with Crippen molar-refractivity contribution in [2.75, 3.05) is 12.4 Å². The lowest BCUT2D eigenvalue weighted by Crippen LogP contribution is -2.01. The summed E-state index contributed by atoms with van der Waals surface area (Å²) in [7, 11) is 5.31. The Morgan fingerprint density at radius 1 is 1.44 bits per heavy atom. The summed E-state index contributed by atoms with van der Waals surface area (Å²) in [6.45, 7) is 0. The molecule has 0 amide bonds. The van der Waals surface area contributed by atoms with Gasteiger partial charge in [0, 0.05) is 12.7 Å². The van der Waals surface area contributed by atoms with Crippen molar-refractivity contribution in [1.82, 2.24) is 0 Å². The van der Waals surface area contributed by atoms with Crippen LogP contribution in [0.5, 0.6) is 0 Å². The Morgan fingerprint density at radius 2 is 2.22 bits per heavy atom. The van der Waals surface area contributed by atoms with Crippen molar-refractivity contribution < 1.29 is 0 Å². The molecule has 0 aliphatic rings. The van der Waals surface area contributed by atoms with Crippen LogP contribution in [-0.2, 0) is 0 Å². The molecule has 0 saturated heterocycles. The zero-order valence-corrected chi connectivity index (χ0v) is 6.31. The maximum atomic E-state index is 3.41. The van der Waals surface area contributed by atoms with E-state index in [9.17, 15) is 0 Å². The highest BCUT2D eigenvalue weighted by molar-refractivity contribution is 6.32. The molecule has 1 aromatic rings. The molecule has 1 nitrogen and oxygen atoms in total. The van der Waals surface area contributed by atoms with Crippen molar-refractivity contribution in [3.63, 3.8) is 0 Å². The van der Waals surface area contributed by atoms with Gasteiger partial charge in [-0.15, -0.1) is 0 Å². The fourth-order valence-electron chi connectivity index (χ4n) is 0.675. The van der Waals surface area contributed by atoms with Crippen LogP contribution in [0.4, 0.5) is 5.69 Å². The summed E-state index contributed by atoms with van der Waals surface area (Å²) in [4.78, 5) is 0. The summed E-state index contributed by atoms with van der Waals surface area (Å²) in [5.41, 5.74) is 1.13. The van der Waals surface area contributed by atoms with Crippen LogP contribution in [0.3, 0.4) is 0 Å². The summed E-state index contributed by atoms with van der Waals surface area (Å²) in [6, 6.07) is 8.03. The van der Waals surface area contributed by atoms with Gasteiger partial charge < -0.3 is 5.32 Å². The molecule has 0 aromatic heterocycles. The van der Waals surface area contributed by atoms with Gasteiger partial charge in [0.1, 0.15) is 0 Å². The second-order valence-corrected chi connectivity index (χ2v) is 2.41. The molecule has 1 aromatic carbocycles. The monoisotopic (exact) mass is 134 g/mol. The standard InChI is InChI=1S/C7H8NSi/c1-8-6-3-2-4-7(9)5-6/h2-5,8H,1H3. The number of nitrogens with one attached hydrogen (secondary N) is 1. The van der Waals surface area contributed by atoms with Gasteiger partial charge in [-0.2, -0.15) is 0 Å². The van der Waals surface area contributed by atoms with Crippen LogP contribution in [0.15, 0.2) is 24.3 Å². The lowest BCUT2D eigenvalue weighted by molar-refractivity contribution is 1.53. The van der Waals surface area contributed by atoms with E-state index in [0.717, 1.165) is 10.9 Å². The zero-order chi connectivity index (χ0) is 6.69. The van der Waals surface area contributed by atoms with E-state index in [1.165, 1.54) is 0 Å². The minimum absolute atomic E-state index is 1.10. The maximum Gasteiger partial charge on any atom is 0.0712 e. The van der Waals surface area contributed by atoms with E-state index < -0.39 is 0 Å². The summed E-state index contributed by atoms with van der Waals surface area (Å²) in [6.07, 6.45) is 0. The van der Waals surface area contributed by atoms with Gasteiger partial charge in [-0.25, -0.2) is 0 Å². The van der Waals surface area contributed by atoms with Crippen LogP contribution in [0.25, 0.3) is 0 Å². The smallest absolute Gasteiger partial charge is 0.0712 e. The van der Waals surface area contributed by atoms with Gasteiger partial charge in [0.25, 0.3) is 0 Å². The Morgan fingerprint density at radius 3 is 2.67 bits per heavy atom. The highest BCUT2D eigenvalue weighted by Gasteiger charge is 1.84. The molecule has 0 saturated carbocycles. The van der Waals surface area contributed by atoms with Crippen molar-refractivity contribution in [3.05, 3.63) is 24.3 Å². The van der Waals surface area contributed by atoms with Crippen molar-refractivity contribution in [1.29, 1.82) is 0 Å². The predicted molar refractivity (Wildman–Crippen MR) is 41.4 cm³/mol. The molecule has 3 radical (unpaired) electrons. The molecule has 0 spiro atoms. The van der Waals surface area contributed by atoms with Crippen LogP contribution in [-0.4, -0.2) is 17.3 Å². The first-order valence-electron chi connectivity index (χ1n) is 2.82. The quantitative estimate of drug-likeness (QED) is 0.552. The molecule has 9 heavy (non-hydrogen) atoms. The van der Waals surface area contributed by atoms with Gasteiger partial charge in [-0.3, -0.25) is 0 Å². The summed E-state index contributed by atoms with van der Waals surface area (Å²) >= 11 is 0. The van der Waals surface area contributed by atoms with Crippen molar-refractivity contribution in [2.45, 2.75) is 0 Å². The van der Waals surface area contributed by atoms with Crippen molar-refractivity contribution >= 4 is 21.1 Å². The Balaban J connectivity index is 2.94. The Labute approximate surface area is 58.5 Å².